The molecule has 0 radical (unpaired) electrons. The fraction of sp³-hybridized carbons (Fsp3) is 0.235. The SMILES string of the molecule is COc1ccc(COC(C)c2ccccc2)cc1C#N. The Bertz CT molecular complexity index is 602. The Hall–Kier alpha value is -2.31. The molecule has 1 unspecified atom stereocenters. The van der Waals surface area contributed by atoms with Gasteiger partial charge in [-0.2, -0.15) is 5.26 Å². The van der Waals surface area contributed by atoms with E-state index in [1.54, 1.807) is 19.2 Å². The Morgan fingerprint density at radius 2 is 1.90 bits per heavy atom. The largest absolute Gasteiger partial charge is 0.495 e. The molecule has 0 spiro atoms. The zero-order chi connectivity index (χ0) is 14.4. The summed E-state index contributed by atoms with van der Waals surface area (Å²) in [5.41, 5.74) is 2.63. The second-order valence-corrected chi connectivity index (χ2v) is 4.51. The highest BCUT2D eigenvalue weighted by molar-refractivity contribution is 5.45. The molecule has 0 saturated heterocycles. The number of hydrogen-bond donors (Lipinski definition) is 0. The first kappa shape index (κ1) is 14.1. The van der Waals surface area contributed by atoms with Crippen LogP contribution in [0.5, 0.6) is 5.75 Å². The van der Waals surface area contributed by atoms with E-state index in [9.17, 15) is 0 Å². The summed E-state index contributed by atoms with van der Waals surface area (Å²) < 4.78 is 11.0. The minimum Gasteiger partial charge on any atom is -0.495 e. The second-order valence-electron chi connectivity index (χ2n) is 4.51. The van der Waals surface area contributed by atoms with Crippen molar-refractivity contribution in [3.63, 3.8) is 0 Å². The molecule has 2 aromatic carbocycles. The van der Waals surface area contributed by atoms with Crippen molar-refractivity contribution in [2.24, 2.45) is 0 Å². The van der Waals surface area contributed by atoms with E-state index < -0.39 is 0 Å². The molecule has 3 nitrogen and oxygen atoms in total. The zero-order valence-corrected chi connectivity index (χ0v) is 11.7. The Labute approximate surface area is 119 Å². The summed E-state index contributed by atoms with van der Waals surface area (Å²) >= 11 is 0. The standard InChI is InChI=1S/C17H17NO2/c1-13(15-6-4-3-5-7-15)20-12-14-8-9-17(19-2)16(10-14)11-18/h3-10,13H,12H2,1-2H3. The molecule has 0 bridgehead atoms. The van der Waals surface area contributed by atoms with Gasteiger partial charge in [-0.25, -0.2) is 0 Å². The Balaban J connectivity index is 2.03. The first-order valence-corrected chi connectivity index (χ1v) is 6.48. The van der Waals surface area contributed by atoms with Crippen LogP contribution >= 0.6 is 0 Å². The molecule has 2 rings (SSSR count). The van der Waals surface area contributed by atoms with Crippen molar-refractivity contribution < 1.29 is 9.47 Å². The highest BCUT2D eigenvalue weighted by Crippen LogP contribution is 2.22. The zero-order valence-electron chi connectivity index (χ0n) is 11.7. The van der Waals surface area contributed by atoms with Crippen LogP contribution in [0.4, 0.5) is 0 Å². The van der Waals surface area contributed by atoms with Crippen molar-refractivity contribution in [3.8, 4) is 11.8 Å². The smallest absolute Gasteiger partial charge is 0.136 e. The average molecular weight is 267 g/mol. The van der Waals surface area contributed by atoms with Gasteiger partial charge in [-0.1, -0.05) is 36.4 Å². The van der Waals surface area contributed by atoms with Gasteiger partial charge in [0.15, 0.2) is 0 Å². The van der Waals surface area contributed by atoms with E-state index in [-0.39, 0.29) is 6.10 Å². The molecule has 0 amide bonds. The van der Waals surface area contributed by atoms with Gasteiger partial charge in [-0.3, -0.25) is 0 Å². The number of rotatable bonds is 5. The molecule has 0 heterocycles. The quantitative estimate of drug-likeness (QED) is 0.826. The van der Waals surface area contributed by atoms with E-state index in [1.807, 2.05) is 43.3 Å². The summed E-state index contributed by atoms with van der Waals surface area (Å²) in [7, 11) is 1.56. The summed E-state index contributed by atoms with van der Waals surface area (Å²) in [4.78, 5) is 0. The molecule has 0 aliphatic rings. The maximum atomic E-state index is 9.06. The van der Waals surface area contributed by atoms with Gasteiger partial charge in [0.2, 0.25) is 0 Å². The predicted octanol–water partition coefficient (Wildman–Crippen LogP) is 3.84. The van der Waals surface area contributed by atoms with Gasteiger partial charge in [0.05, 0.1) is 25.4 Å². The minimum atomic E-state index is 0.0174. The lowest BCUT2D eigenvalue weighted by molar-refractivity contribution is 0.0525. The fourth-order valence-electron chi connectivity index (χ4n) is 1.97. The molecule has 0 aliphatic heterocycles. The number of benzene rings is 2. The first-order chi connectivity index (χ1) is 9.74. The van der Waals surface area contributed by atoms with E-state index in [1.165, 1.54) is 0 Å². The van der Waals surface area contributed by atoms with Crippen LogP contribution in [0.15, 0.2) is 48.5 Å². The Kier molecular flexibility index (Phi) is 4.75. The van der Waals surface area contributed by atoms with Crippen LogP contribution in [0.3, 0.4) is 0 Å². The van der Waals surface area contributed by atoms with Crippen LogP contribution in [0.25, 0.3) is 0 Å². The van der Waals surface area contributed by atoms with Gasteiger partial charge in [-0.15, -0.1) is 0 Å². The third-order valence-electron chi connectivity index (χ3n) is 3.15. The van der Waals surface area contributed by atoms with Gasteiger partial charge in [0.25, 0.3) is 0 Å². The lowest BCUT2D eigenvalue weighted by atomic mass is 10.1. The van der Waals surface area contributed by atoms with Crippen LogP contribution in [-0.2, 0) is 11.3 Å². The number of methoxy groups -OCH3 is 1. The normalized spacial score (nSPS) is 11.7. The van der Waals surface area contributed by atoms with Gasteiger partial charge in [-0.05, 0) is 30.2 Å². The molecule has 0 aliphatic carbocycles. The molecule has 0 saturated carbocycles. The van der Waals surface area contributed by atoms with E-state index in [2.05, 4.69) is 6.07 Å². The number of nitriles is 1. The van der Waals surface area contributed by atoms with E-state index >= 15 is 0 Å². The number of nitrogens with zero attached hydrogens (tertiary/aromatic N) is 1. The lowest BCUT2D eigenvalue weighted by Crippen LogP contribution is -2.01. The maximum absolute atomic E-state index is 9.06. The Morgan fingerprint density at radius 3 is 2.55 bits per heavy atom. The van der Waals surface area contributed by atoms with Gasteiger partial charge in [0, 0.05) is 0 Å². The summed E-state index contributed by atoms with van der Waals surface area (Å²) in [5, 5.41) is 9.06. The van der Waals surface area contributed by atoms with Crippen molar-refractivity contribution in [2.45, 2.75) is 19.6 Å². The van der Waals surface area contributed by atoms with Crippen LogP contribution in [-0.4, -0.2) is 7.11 Å². The highest BCUT2D eigenvalue weighted by Gasteiger charge is 2.07. The molecule has 2 aromatic rings. The average Bonchev–Trinajstić information content (AvgIpc) is 2.53. The lowest BCUT2D eigenvalue weighted by Gasteiger charge is -2.14. The molecular formula is C17H17NO2. The van der Waals surface area contributed by atoms with Crippen molar-refractivity contribution in [2.75, 3.05) is 7.11 Å². The molecular weight excluding hydrogens is 250 g/mol. The van der Waals surface area contributed by atoms with Crippen LogP contribution in [0, 0.1) is 11.3 Å². The summed E-state index contributed by atoms with van der Waals surface area (Å²) in [6.07, 6.45) is 0.0174. The van der Waals surface area contributed by atoms with Gasteiger partial charge in [0.1, 0.15) is 11.8 Å². The second kappa shape index (κ2) is 6.74. The maximum Gasteiger partial charge on any atom is 0.136 e. The summed E-state index contributed by atoms with van der Waals surface area (Å²) in [6.45, 7) is 2.48. The topological polar surface area (TPSA) is 42.2 Å². The van der Waals surface area contributed by atoms with Crippen molar-refractivity contribution in [3.05, 3.63) is 65.2 Å². The van der Waals surface area contributed by atoms with Crippen LogP contribution in [0.1, 0.15) is 29.7 Å². The number of ether oxygens (including phenoxy) is 2. The molecule has 3 heteroatoms. The predicted molar refractivity (Wildman–Crippen MR) is 77.4 cm³/mol. The van der Waals surface area contributed by atoms with Crippen molar-refractivity contribution in [1.29, 1.82) is 5.26 Å². The van der Waals surface area contributed by atoms with Gasteiger partial charge >= 0.3 is 0 Å². The van der Waals surface area contributed by atoms with E-state index in [0.717, 1.165) is 11.1 Å². The molecule has 0 aromatic heterocycles. The van der Waals surface area contributed by atoms with Gasteiger partial charge < -0.3 is 9.47 Å². The third-order valence-corrected chi connectivity index (χ3v) is 3.15. The molecule has 102 valence electrons. The first-order valence-electron chi connectivity index (χ1n) is 6.48. The van der Waals surface area contributed by atoms with E-state index in [0.29, 0.717) is 17.9 Å². The van der Waals surface area contributed by atoms with Crippen LogP contribution in [0.2, 0.25) is 0 Å². The van der Waals surface area contributed by atoms with E-state index in [4.69, 9.17) is 14.7 Å². The van der Waals surface area contributed by atoms with Crippen molar-refractivity contribution in [1.82, 2.24) is 0 Å². The molecule has 20 heavy (non-hydrogen) atoms. The summed E-state index contributed by atoms with van der Waals surface area (Å²) in [5.74, 6) is 0.590. The van der Waals surface area contributed by atoms with Crippen LogP contribution < -0.4 is 4.74 Å². The summed E-state index contributed by atoms with van der Waals surface area (Å²) in [6, 6.07) is 17.7. The molecule has 1 atom stereocenters. The Morgan fingerprint density at radius 1 is 1.15 bits per heavy atom. The third kappa shape index (κ3) is 3.37. The van der Waals surface area contributed by atoms with Crippen molar-refractivity contribution >= 4 is 0 Å². The molecule has 0 N–H and O–H groups in total. The minimum absolute atomic E-state index is 0.0174. The number of hydrogen-bond acceptors (Lipinski definition) is 3. The fourth-order valence-corrected chi connectivity index (χ4v) is 1.97. The monoisotopic (exact) mass is 267 g/mol. The molecule has 0 fully saturated rings. The highest BCUT2D eigenvalue weighted by atomic mass is 16.5.